The van der Waals surface area contributed by atoms with Crippen molar-refractivity contribution >= 4 is 23.9 Å². The molecule has 1 amide bonds. The summed E-state index contributed by atoms with van der Waals surface area (Å²) in [6, 6.07) is 19.1. The first-order valence-corrected chi connectivity index (χ1v) is 12.6. The van der Waals surface area contributed by atoms with Crippen molar-refractivity contribution in [3.05, 3.63) is 103 Å². The topological polar surface area (TPSA) is 100 Å². The Kier molecular flexibility index (Phi) is 13.4. The number of nitrogens with one attached hydrogen (secondary N) is 1. The highest BCUT2D eigenvalue weighted by molar-refractivity contribution is 6.02. The zero-order valence-corrected chi connectivity index (χ0v) is 23.1. The van der Waals surface area contributed by atoms with Crippen LogP contribution in [-0.2, 0) is 14.3 Å². The first kappa shape index (κ1) is 31.5. The lowest BCUT2D eigenvalue weighted by Gasteiger charge is -2.12. The summed E-state index contributed by atoms with van der Waals surface area (Å²) in [5.41, 5.74) is 2.31. The molecule has 3 aromatic rings. The predicted molar refractivity (Wildman–Crippen MR) is 155 cm³/mol. The smallest absolute Gasteiger partial charge is 0.343 e. The summed E-state index contributed by atoms with van der Waals surface area (Å²) < 4.78 is 22.2. The molecule has 0 radical (unpaired) electrons. The molecule has 1 N–H and O–H groups in total. The summed E-state index contributed by atoms with van der Waals surface area (Å²) in [6.45, 7) is 11.6. The van der Waals surface area contributed by atoms with E-state index in [9.17, 15) is 9.59 Å². The van der Waals surface area contributed by atoms with E-state index in [4.69, 9.17) is 23.7 Å². The van der Waals surface area contributed by atoms with Crippen LogP contribution >= 0.6 is 0 Å². The summed E-state index contributed by atoms with van der Waals surface area (Å²) in [7, 11) is 1.68. The Labute approximate surface area is 235 Å². The second kappa shape index (κ2) is 17.0. The Morgan fingerprint density at radius 1 is 0.900 bits per heavy atom. The number of benzene rings is 3. The molecule has 0 spiro atoms. The lowest BCUT2D eigenvalue weighted by molar-refractivity contribution is -0.112. The van der Waals surface area contributed by atoms with Crippen LogP contribution in [0.5, 0.6) is 23.0 Å². The van der Waals surface area contributed by atoms with Gasteiger partial charge in [-0.1, -0.05) is 13.2 Å². The highest BCUT2D eigenvalue weighted by Gasteiger charge is 2.11. The van der Waals surface area contributed by atoms with Gasteiger partial charge < -0.3 is 24.3 Å². The normalized spacial score (nSPS) is 9.88. The molecular formula is C32H35NO7. The average Bonchev–Trinajstić information content (AvgIpc) is 2.95. The molecule has 0 aliphatic rings. The molecule has 210 valence electrons. The van der Waals surface area contributed by atoms with E-state index in [-0.39, 0.29) is 5.91 Å². The molecule has 3 aromatic carbocycles. The van der Waals surface area contributed by atoms with Crippen molar-refractivity contribution in [2.24, 2.45) is 0 Å². The number of anilines is 1. The van der Waals surface area contributed by atoms with Crippen molar-refractivity contribution in [1.82, 2.24) is 0 Å². The van der Waals surface area contributed by atoms with Crippen LogP contribution in [0.1, 0.15) is 35.7 Å². The van der Waals surface area contributed by atoms with Gasteiger partial charge in [-0.25, -0.2) is 4.79 Å². The first-order valence-electron chi connectivity index (χ1n) is 12.6. The molecule has 40 heavy (non-hydrogen) atoms. The van der Waals surface area contributed by atoms with Gasteiger partial charge in [-0.2, -0.15) is 0 Å². The van der Waals surface area contributed by atoms with E-state index >= 15 is 0 Å². The number of hydrogen-bond acceptors (Lipinski definition) is 7. The zero-order valence-electron chi connectivity index (χ0n) is 23.1. The maximum absolute atomic E-state index is 12.6. The Morgan fingerprint density at radius 3 is 2.08 bits per heavy atom. The van der Waals surface area contributed by atoms with E-state index in [1.165, 1.54) is 6.08 Å². The van der Waals surface area contributed by atoms with Crippen LogP contribution in [0.2, 0.25) is 0 Å². The van der Waals surface area contributed by atoms with Gasteiger partial charge in [-0.3, -0.25) is 9.59 Å². The zero-order chi connectivity index (χ0) is 29.3. The standard InChI is InChI=1S/C29H31NO6.C3H4O/c1-20(2)28(31)30-23-9-13-25(14-10-23)35-27-16-15-26(19-21(27)3)36-29(32)22-7-11-24(12-8-22)34-18-6-5-17-33-4;1-2-3-4/h7-16,19H,1,5-6,17-18H2,2-4H3,(H,30,31);2-3H,1H2. The summed E-state index contributed by atoms with van der Waals surface area (Å²) in [5.74, 6) is 1.66. The van der Waals surface area contributed by atoms with Crippen molar-refractivity contribution < 1.29 is 33.3 Å². The second-order valence-corrected chi connectivity index (χ2v) is 8.62. The summed E-state index contributed by atoms with van der Waals surface area (Å²) in [5, 5.41) is 2.75. The van der Waals surface area contributed by atoms with Crippen molar-refractivity contribution in [3.8, 4) is 23.0 Å². The van der Waals surface area contributed by atoms with E-state index in [1.54, 1.807) is 80.8 Å². The molecule has 0 heterocycles. The van der Waals surface area contributed by atoms with Gasteiger partial charge in [0.05, 0.1) is 12.2 Å². The number of amides is 1. The fourth-order valence-corrected chi connectivity index (χ4v) is 3.16. The third-order valence-corrected chi connectivity index (χ3v) is 5.28. The first-order chi connectivity index (χ1) is 19.3. The van der Waals surface area contributed by atoms with E-state index in [1.807, 2.05) is 6.92 Å². The number of esters is 1. The van der Waals surface area contributed by atoms with Crippen molar-refractivity contribution in [2.75, 3.05) is 25.6 Å². The van der Waals surface area contributed by atoms with Crippen LogP contribution in [0.15, 0.2) is 91.5 Å². The molecule has 3 rings (SSSR count). The fraction of sp³-hybridized carbons (Fsp3) is 0.219. The number of carbonyl (C=O) groups excluding carboxylic acids is 3. The predicted octanol–water partition coefficient (Wildman–Crippen LogP) is 6.70. The molecule has 0 atom stereocenters. The molecule has 0 saturated carbocycles. The summed E-state index contributed by atoms with van der Waals surface area (Å²) >= 11 is 0. The van der Waals surface area contributed by atoms with Crippen LogP contribution in [0.3, 0.4) is 0 Å². The lowest BCUT2D eigenvalue weighted by Crippen LogP contribution is -2.11. The molecule has 0 aliphatic carbocycles. The van der Waals surface area contributed by atoms with Crippen molar-refractivity contribution in [2.45, 2.75) is 26.7 Å². The minimum Gasteiger partial charge on any atom is -0.494 e. The number of aryl methyl sites for hydroxylation is 1. The van der Waals surface area contributed by atoms with Crippen molar-refractivity contribution in [3.63, 3.8) is 0 Å². The quantitative estimate of drug-likeness (QED) is 0.0839. The highest BCUT2D eigenvalue weighted by Crippen LogP contribution is 2.29. The third kappa shape index (κ3) is 11.0. The van der Waals surface area contributed by atoms with E-state index in [2.05, 4.69) is 18.5 Å². The van der Waals surface area contributed by atoms with Crippen LogP contribution < -0.4 is 19.5 Å². The number of unbranched alkanes of at least 4 members (excludes halogenated alkanes) is 1. The maximum atomic E-state index is 12.6. The van der Waals surface area contributed by atoms with E-state index in [0.717, 1.165) is 18.4 Å². The van der Waals surface area contributed by atoms with Crippen LogP contribution in [-0.4, -0.2) is 38.5 Å². The van der Waals surface area contributed by atoms with Gasteiger partial charge in [0.1, 0.15) is 29.3 Å². The van der Waals surface area contributed by atoms with E-state index < -0.39 is 5.97 Å². The Hall–Kier alpha value is -4.69. The SMILES string of the molecule is C=C(C)C(=O)Nc1ccc(Oc2ccc(OC(=O)c3ccc(OCCCCOC)cc3)cc2C)cc1.C=CC=O. The molecule has 0 saturated heterocycles. The molecule has 0 fully saturated rings. The molecule has 0 unspecified atom stereocenters. The molecule has 8 nitrogen and oxygen atoms in total. The van der Waals surface area contributed by atoms with Gasteiger partial charge in [0, 0.05) is 25.0 Å². The molecular weight excluding hydrogens is 510 g/mol. The maximum Gasteiger partial charge on any atom is 0.343 e. The molecule has 0 aliphatic heterocycles. The number of rotatable bonds is 13. The third-order valence-electron chi connectivity index (χ3n) is 5.28. The minimum absolute atomic E-state index is 0.234. The summed E-state index contributed by atoms with van der Waals surface area (Å²) in [6.07, 6.45) is 3.67. The van der Waals surface area contributed by atoms with Gasteiger partial charge in [-0.15, -0.1) is 0 Å². The Bertz CT molecular complexity index is 1280. The number of hydrogen-bond donors (Lipinski definition) is 1. The minimum atomic E-state index is -0.456. The molecule has 0 aromatic heterocycles. The number of ether oxygens (including phenoxy) is 4. The number of allylic oxidation sites excluding steroid dienone is 1. The van der Waals surface area contributed by atoms with Crippen LogP contribution in [0, 0.1) is 6.92 Å². The lowest BCUT2D eigenvalue weighted by atomic mass is 10.2. The highest BCUT2D eigenvalue weighted by atomic mass is 16.5. The number of aldehydes is 1. The van der Waals surface area contributed by atoms with Gasteiger partial charge in [0.2, 0.25) is 0 Å². The molecule has 8 heteroatoms. The second-order valence-electron chi connectivity index (χ2n) is 8.62. The Balaban J connectivity index is 0.00000131. The Morgan fingerprint density at radius 2 is 1.50 bits per heavy atom. The van der Waals surface area contributed by atoms with Gasteiger partial charge >= 0.3 is 5.97 Å². The van der Waals surface area contributed by atoms with E-state index in [0.29, 0.717) is 59.3 Å². The van der Waals surface area contributed by atoms with Crippen molar-refractivity contribution in [1.29, 1.82) is 0 Å². The van der Waals surface area contributed by atoms with Crippen LogP contribution in [0.25, 0.3) is 0 Å². The number of methoxy groups -OCH3 is 1. The molecule has 0 bridgehead atoms. The van der Waals surface area contributed by atoms with Gasteiger partial charge in [0.15, 0.2) is 0 Å². The largest absolute Gasteiger partial charge is 0.494 e. The average molecular weight is 546 g/mol. The fourth-order valence-electron chi connectivity index (χ4n) is 3.16. The van der Waals surface area contributed by atoms with Crippen LogP contribution in [0.4, 0.5) is 5.69 Å². The number of carbonyl (C=O) groups is 3. The van der Waals surface area contributed by atoms with Gasteiger partial charge in [0.25, 0.3) is 5.91 Å². The monoisotopic (exact) mass is 545 g/mol. The summed E-state index contributed by atoms with van der Waals surface area (Å²) in [4.78, 5) is 33.3. The van der Waals surface area contributed by atoms with Gasteiger partial charge in [-0.05, 0) is 105 Å².